The molecule has 4 atom stereocenters. The van der Waals surface area contributed by atoms with E-state index in [1.165, 1.54) is 0 Å². The smallest absolute Gasteiger partial charge is 0.238 e. The van der Waals surface area contributed by atoms with Crippen molar-refractivity contribution in [3.05, 3.63) is 131 Å². The fraction of sp³-hybridized carbons (Fsp3) is 0.171. The van der Waals surface area contributed by atoms with Gasteiger partial charge in [0.2, 0.25) is 5.91 Å². The summed E-state index contributed by atoms with van der Waals surface area (Å²) in [5.41, 5.74) is 2.67. The Balaban J connectivity index is 1.50. The van der Waals surface area contributed by atoms with Crippen LogP contribution < -0.4 is 14.8 Å². The summed E-state index contributed by atoms with van der Waals surface area (Å²) in [5, 5.41) is 3.07. The van der Waals surface area contributed by atoms with Gasteiger partial charge < -0.3 is 19.7 Å². The van der Waals surface area contributed by atoms with Crippen molar-refractivity contribution in [3.8, 4) is 11.5 Å². The number of rotatable bonds is 6. The number of benzene rings is 4. The van der Waals surface area contributed by atoms with Crippen LogP contribution >= 0.6 is 0 Å². The van der Waals surface area contributed by atoms with Gasteiger partial charge in [-0.2, -0.15) is 0 Å². The highest BCUT2D eigenvalue weighted by molar-refractivity contribution is 6.16. The van der Waals surface area contributed by atoms with Gasteiger partial charge in [0.15, 0.2) is 11.6 Å². The van der Waals surface area contributed by atoms with Crippen molar-refractivity contribution in [1.29, 1.82) is 0 Å². The molecule has 1 saturated heterocycles. The number of anilines is 1. The molecule has 3 heterocycles. The third-order valence-corrected chi connectivity index (χ3v) is 8.87. The maximum Gasteiger partial charge on any atom is 0.238 e. The molecular formula is C35H28N2O5. The predicted octanol–water partition coefficient (Wildman–Crippen LogP) is 5.69. The van der Waals surface area contributed by atoms with Gasteiger partial charge in [-0.25, -0.2) is 0 Å². The fourth-order valence-electron chi connectivity index (χ4n) is 7.03. The van der Waals surface area contributed by atoms with Crippen molar-refractivity contribution in [2.45, 2.75) is 17.5 Å². The summed E-state index contributed by atoms with van der Waals surface area (Å²) in [6.45, 7) is 0. The third-order valence-electron chi connectivity index (χ3n) is 8.87. The highest BCUT2D eigenvalue weighted by Gasteiger charge is 2.70. The van der Waals surface area contributed by atoms with Crippen LogP contribution in [-0.2, 0) is 10.2 Å². The largest absolute Gasteiger partial charge is 0.497 e. The van der Waals surface area contributed by atoms with E-state index in [4.69, 9.17) is 9.47 Å². The Bertz CT molecular complexity index is 1760. The van der Waals surface area contributed by atoms with Crippen LogP contribution in [0.4, 0.5) is 5.69 Å². The lowest BCUT2D eigenvalue weighted by Crippen LogP contribution is -2.49. The molecule has 1 amide bonds. The van der Waals surface area contributed by atoms with Crippen LogP contribution in [0.3, 0.4) is 0 Å². The summed E-state index contributed by atoms with van der Waals surface area (Å²) < 4.78 is 10.6. The number of carbonyl (C=O) groups excluding carboxylic acids is 3. The van der Waals surface area contributed by atoms with Gasteiger partial charge in [-0.05, 0) is 77.4 Å². The van der Waals surface area contributed by atoms with E-state index in [-0.39, 0.29) is 17.5 Å². The molecular weight excluding hydrogens is 528 g/mol. The van der Waals surface area contributed by atoms with Gasteiger partial charge in [-0.1, -0.05) is 42.5 Å². The molecule has 3 aliphatic heterocycles. The second-order valence-electron chi connectivity index (χ2n) is 10.8. The van der Waals surface area contributed by atoms with E-state index in [0.717, 1.165) is 11.1 Å². The second-order valence-corrected chi connectivity index (χ2v) is 10.8. The van der Waals surface area contributed by atoms with Crippen molar-refractivity contribution in [2.75, 3.05) is 19.5 Å². The molecule has 0 aliphatic carbocycles. The van der Waals surface area contributed by atoms with E-state index >= 15 is 0 Å². The first kappa shape index (κ1) is 25.8. The lowest BCUT2D eigenvalue weighted by molar-refractivity contribution is -0.122. The first-order chi connectivity index (χ1) is 20.5. The molecule has 42 heavy (non-hydrogen) atoms. The Hall–Kier alpha value is -5.17. The summed E-state index contributed by atoms with van der Waals surface area (Å²) >= 11 is 0. The minimum atomic E-state index is -1.37. The normalized spacial score (nSPS) is 23.1. The Morgan fingerprint density at radius 1 is 0.762 bits per heavy atom. The molecule has 7 nitrogen and oxygen atoms in total. The first-order valence-electron chi connectivity index (χ1n) is 13.8. The van der Waals surface area contributed by atoms with Crippen LogP contribution in [0.1, 0.15) is 43.4 Å². The number of amides is 1. The summed E-state index contributed by atoms with van der Waals surface area (Å²) in [6, 6.07) is 27.5. The molecule has 3 aliphatic rings. The molecule has 1 fully saturated rings. The van der Waals surface area contributed by atoms with Crippen LogP contribution in [-0.4, -0.2) is 42.6 Å². The number of ether oxygens (including phenoxy) is 2. The number of fused-ring (bicyclic) bond motifs is 6. The Kier molecular flexibility index (Phi) is 5.97. The Labute approximate surface area is 243 Å². The molecule has 4 aromatic rings. The van der Waals surface area contributed by atoms with Gasteiger partial charge in [0.1, 0.15) is 23.0 Å². The van der Waals surface area contributed by atoms with Crippen LogP contribution in [0, 0.1) is 5.92 Å². The monoisotopic (exact) mass is 556 g/mol. The van der Waals surface area contributed by atoms with Crippen LogP contribution in [0.25, 0.3) is 6.08 Å². The summed E-state index contributed by atoms with van der Waals surface area (Å²) in [6.07, 6.45) is 3.82. The lowest BCUT2D eigenvalue weighted by Gasteiger charge is -2.38. The van der Waals surface area contributed by atoms with E-state index in [0.29, 0.717) is 33.9 Å². The molecule has 0 unspecified atom stereocenters. The number of hydrogen-bond acceptors (Lipinski definition) is 6. The van der Waals surface area contributed by atoms with E-state index < -0.39 is 23.4 Å². The standard InChI is InChI=1S/C35H28N2O5/c1-41-24-15-11-22(12-16-24)31(38)29-30(32(39)23-13-17-25(42-2)18-14-23)37-20-19-21-7-3-4-8-26(21)33(37)35(29)27-9-5-6-10-28(27)36-34(35)40/h3-20,29-30,33H,1-2H3,(H,36,40)/t29-,30+,33+,35+/m1/s1. The van der Waals surface area contributed by atoms with Crippen molar-refractivity contribution in [2.24, 2.45) is 5.92 Å². The lowest BCUT2D eigenvalue weighted by atomic mass is 9.62. The quantitative estimate of drug-likeness (QED) is 0.308. The minimum Gasteiger partial charge on any atom is -0.497 e. The summed E-state index contributed by atoms with van der Waals surface area (Å²) in [7, 11) is 3.13. The number of hydrogen-bond donors (Lipinski definition) is 1. The zero-order chi connectivity index (χ0) is 29.0. The zero-order valence-corrected chi connectivity index (χ0v) is 23.1. The third kappa shape index (κ3) is 3.56. The van der Waals surface area contributed by atoms with Gasteiger partial charge >= 0.3 is 0 Å². The van der Waals surface area contributed by atoms with Crippen molar-refractivity contribution in [1.82, 2.24) is 4.90 Å². The first-order valence-corrected chi connectivity index (χ1v) is 13.8. The Morgan fingerprint density at radius 2 is 1.36 bits per heavy atom. The van der Waals surface area contributed by atoms with E-state index in [9.17, 15) is 14.4 Å². The van der Waals surface area contributed by atoms with Crippen LogP contribution in [0.15, 0.2) is 103 Å². The molecule has 0 bridgehead atoms. The SMILES string of the molecule is COc1ccc(C(=O)[C@@H]2[C@H](C(=O)c3ccc(OC)cc3)[C@]3(C(=O)Nc4ccccc43)[C@@H]3c4ccccc4C=CN23)cc1. The van der Waals surface area contributed by atoms with Crippen LogP contribution in [0.5, 0.6) is 11.5 Å². The van der Waals surface area contributed by atoms with Crippen molar-refractivity contribution in [3.63, 3.8) is 0 Å². The molecule has 7 heteroatoms. The van der Waals surface area contributed by atoms with E-state index in [1.807, 2.05) is 65.7 Å². The molecule has 4 aromatic carbocycles. The average Bonchev–Trinajstić information content (AvgIpc) is 3.52. The van der Waals surface area contributed by atoms with Gasteiger partial charge in [-0.15, -0.1) is 0 Å². The summed E-state index contributed by atoms with van der Waals surface area (Å²) in [5.74, 6) is -0.624. The molecule has 0 radical (unpaired) electrons. The zero-order valence-electron chi connectivity index (χ0n) is 23.1. The predicted molar refractivity (Wildman–Crippen MR) is 159 cm³/mol. The topological polar surface area (TPSA) is 84.9 Å². The number of ketones is 2. The van der Waals surface area contributed by atoms with Crippen molar-refractivity contribution < 1.29 is 23.9 Å². The van der Waals surface area contributed by atoms with Gasteiger partial charge in [0.05, 0.1) is 26.2 Å². The van der Waals surface area contributed by atoms with Gasteiger partial charge in [-0.3, -0.25) is 14.4 Å². The van der Waals surface area contributed by atoms with Gasteiger partial charge in [0, 0.05) is 23.0 Å². The van der Waals surface area contributed by atoms with Crippen LogP contribution in [0.2, 0.25) is 0 Å². The average molecular weight is 557 g/mol. The molecule has 1 spiro atoms. The van der Waals surface area contributed by atoms with E-state index in [1.54, 1.807) is 62.8 Å². The van der Waals surface area contributed by atoms with E-state index in [2.05, 4.69) is 5.32 Å². The molecule has 0 aromatic heterocycles. The minimum absolute atomic E-state index is 0.243. The molecule has 208 valence electrons. The molecule has 7 rings (SSSR count). The number of nitrogens with zero attached hydrogens (tertiary/aromatic N) is 1. The number of nitrogens with one attached hydrogen (secondary N) is 1. The van der Waals surface area contributed by atoms with Crippen molar-refractivity contribution >= 4 is 29.2 Å². The fourth-order valence-corrected chi connectivity index (χ4v) is 7.03. The number of para-hydroxylation sites is 1. The maximum atomic E-state index is 14.8. The summed E-state index contributed by atoms with van der Waals surface area (Å²) in [4.78, 5) is 45.8. The maximum absolute atomic E-state index is 14.8. The second kappa shape index (κ2) is 9.73. The highest BCUT2D eigenvalue weighted by Crippen LogP contribution is 2.62. The number of methoxy groups -OCH3 is 2. The molecule has 0 saturated carbocycles. The number of Topliss-reactive ketones (excluding diaryl/α,β-unsaturated/α-hetero) is 2. The number of carbonyl (C=O) groups is 3. The highest BCUT2D eigenvalue weighted by atomic mass is 16.5. The Morgan fingerprint density at radius 3 is 2.02 bits per heavy atom. The van der Waals surface area contributed by atoms with Gasteiger partial charge in [0.25, 0.3) is 0 Å². The molecule has 1 N–H and O–H groups in total.